The van der Waals surface area contributed by atoms with Crippen LogP contribution in [0.2, 0.25) is 0 Å². The van der Waals surface area contributed by atoms with Gasteiger partial charge in [-0.3, -0.25) is 4.90 Å². The van der Waals surface area contributed by atoms with Crippen molar-refractivity contribution in [1.29, 1.82) is 0 Å². The molecule has 118 valence electrons. The number of β-amino-alcohol motifs (C(OH)–C–C–N with tert-alkyl or cyclic N) is 1. The number of fused-ring (bicyclic) bond motifs is 1. The second-order valence-electron chi connectivity index (χ2n) is 6.22. The van der Waals surface area contributed by atoms with E-state index >= 15 is 0 Å². The number of para-hydroxylation sites is 2. The van der Waals surface area contributed by atoms with Crippen LogP contribution in [0.3, 0.4) is 0 Å². The highest BCUT2D eigenvalue weighted by molar-refractivity contribution is 5.75. The van der Waals surface area contributed by atoms with E-state index in [1.54, 1.807) is 0 Å². The Hall–Kier alpha value is -1.65. The summed E-state index contributed by atoms with van der Waals surface area (Å²) in [5.74, 6) is 0. The number of nitrogens with zero attached hydrogens (tertiary/aromatic N) is 3. The summed E-state index contributed by atoms with van der Waals surface area (Å²) in [4.78, 5) is 6.89. The maximum atomic E-state index is 10.1. The highest BCUT2D eigenvalue weighted by atomic mass is 16.3. The molecule has 0 radical (unpaired) electrons. The lowest BCUT2D eigenvalue weighted by molar-refractivity contribution is 0.0822. The Kier molecular flexibility index (Phi) is 4.90. The maximum absolute atomic E-state index is 10.1. The van der Waals surface area contributed by atoms with E-state index in [0.717, 1.165) is 38.0 Å². The molecule has 1 aliphatic heterocycles. The third-order valence-electron chi connectivity index (χ3n) is 4.53. The molecule has 3 rings (SSSR count). The molecule has 2 atom stereocenters. The second kappa shape index (κ2) is 7.07. The molecule has 2 aromatic rings. The molecule has 22 heavy (non-hydrogen) atoms. The molecule has 1 fully saturated rings. The first-order chi connectivity index (χ1) is 10.8. The molecule has 1 aromatic carbocycles. The average Bonchev–Trinajstić information content (AvgIpc) is 2.97. The largest absolute Gasteiger partial charge is 0.392 e. The minimum absolute atomic E-state index is 0.253. The monoisotopic (exact) mass is 299 g/mol. The summed E-state index contributed by atoms with van der Waals surface area (Å²) < 4.78 is 2.30. The molecule has 0 saturated carbocycles. The van der Waals surface area contributed by atoms with Gasteiger partial charge in [0.25, 0.3) is 0 Å². The van der Waals surface area contributed by atoms with Crippen molar-refractivity contribution in [2.24, 2.45) is 0 Å². The summed E-state index contributed by atoms with van der Waals surface area (Å²) >= 11 is 0. The molecule has 1 N–H and O–H groups in total. The molecule has 1 saturated heterocycles. The van der Waals surface area contributed by atoms with Crippen molar-refractivity contribution < 1.29 is 5.11 Å². The number of hydrogen-bond acceptors (Lipinski definition) is 3. The predicted octanol–water partition coefficient (Wildman–Crippen LogP) is 3.00. The summed E-state index contributed by atoms with van der Waals surface area (Å²) in [6.07, 6.45) is 7.62. The van der Waals surface area contributed by atoms with Crippen LogP contribution in [0.5, 0.6) is 0 Å². The van der Waals surface area contributed by atoms with Crippen LogP contribution in [0.15, 0.2) is 43.2 Å². The standard InChI is InChI=1S/C18H25N3O/c1-2-3-8-16(22)13-20-11-6-7-15(12-20)21-14-19-17-9-4-5-10-18(17)21/h2,4-5,9-10,14-16,22H,1,3,6-8,11-13H2. The van der Waals surface area contributed by atoms with Crippen molar-refractivity contribution in [2.45, 2.75) is 37.8 Å². The normalized spacial score (nSPS) is 21.0. The first-order valence-corrected chi connectivity index (χ1v) is 8.21. The predicted molar refractivity (Wildman–Crippen MR) is 89.9 cm³/mol. The van der Waals surface area contributed by atoms with E-state index in [9.17, 15) is 5.11 Å². The molecule has 4 heteroatoms. The molecule has 0 bridgehead atoms. The van der Waals surface area contributed by atoms with Crippen molar-refractivity contribution in [2.75, 3.05) is 19.6 Å². The SMILES string of the molecule is C=CCCC(O)CN1CCCC(n2cnc3ccccc32)C1. The maximum Gasteiger partial charge on any atom is 0.0961 e. The number of benzene rings is 1. The van der Waals surface area contributed by atoms with Gasteiger partial charge < -0.3 is 9.67 Å². The Morgan fingerprint density at radius 1 is 1.41 bits per heavy atom. The molecule has 2 unspecified atom stereocenters. The summed E-state index contributed by atoms with van der Waals surface area (Å²) in [6, 6.07) is 8.75. The van der Waals surface area contributed by atoms with Gasteiger partial charge in [-0.1, -0.05) is 18.2 Å². The fraction of sp³-hybridized carbons (Fsp3) is 0.500. The third kappa shape index (κ3) is 3.39. The number of aliphatic hydroxyl groups is 1. The third-order valence-corrected chi connectivity index (χ3v) is 4.53. The molecule has 1 aromatic heterocycles. The Morgan fingerprint density at radius 3 is 3.14 bits per heavy atom. The minimum Gasteiger partial charge on any atom is -0.392 e. The van der Waals surface area contributed by atoms with E-state index < -0.39 is 0 Å². The van der Waals surface area contributed by atoms with E-state index in [1.807, 2.05) is 18.5 Å². The zero-order valence-corrected chi connectivity index (χ0v) is 13.1. The number of rotatable bonds is 6. The number of allylic oxidation sites excluding steroid dienone is 1. The lowest BCUT2D eigenvalue weighted by Crippen LogP contribution is -2.40. The van der Waals surface area contributed by atoms with Gasteiger partial charge in [0.2, 0.25) is 0 Å². The summed E-state index contributed by atoms with van der Waals surface area (Å²) in [6.45, 7) is 6.55. The molecule has 4 nitrogen and oxygen atoms in total. The summed E-state index contributed by atoms with van der Waals surface area (Å²) in [5, 5.41) is 10.1. The van der Waals surface area contributed by atoms with Crippen molar-refractivity contribution in [3.63, 3.8) is 0 Å². The van der Waals surface area contributed by atoms with Crippen LogP contribution in [0.4, 0.5) is 0 Å². The Morgan fingerprint density at radius 2 is 2.27 bits per heavy atom. The van der Waals surface area contributed by atoms with Crippen LogP contribution in [0, 0.1) is 0 Å². The Balaban J connectivity index is 1.66. The van der Waals surface area contributed by atoms with Gasteiger partial charge in [-0.25, -0.2) is 4.98 Å². The quantitative estimate of drug-likeness (QED) is 0.834. The van der Waals surface area contributed by atoms with Crippen molar-refractivity contribution in [1.82, 2.24) is 14.5 Å². The highest BCUT2D eigenvalue weighted by Gasteiger charge is 2.23. The molecular formula is C18H25N3O. The second-order valence-corrected chi connectivity index (χ2v) is 6.22. The average molecular weight is 299 g/mol. The van der Waals surface area contributed by atoms with Crippen LogP contribution in [0.1, 0.15) is 31.7 Å². The smallest absolute Gasteiger partial charge is 0.0961 e. The van der Waals surface area contributed by atoms with Crippen LogP contribution in [-0.2, 0) is 0 Å². The zero-order chi connectivity index (χ0) is 15.4. The van der Waals surface area contributed by atoms with Crippen LogP contribution < -0.4 is 0 Å². The summed E-state index contributed by atoms with van der Waals surface area (Å²) in [7, 11) is 0. The lowest BCUT2D eigenvalue weighted by Gasteiger charge is -2.34. The van der Waals surface area contributed by atoms with Crippen LogP contribution in [-0.4, -0.2) is 45.3 Å². The number of piperidine rings is 1. The highest BCUT2D eigenvalue weighted by Crippen LogP contribution is 2.25. The van der Waals surface area contributed by atoms with Crippen molar-refractivity contribution >= 4 is 11.0 Å². The Labute approximate surface area is 132 Å². The molecule has 1 aliphatic rings. The fourth-order valence-corrected chi connectivity index (χ4v) is 3.39. The van der Waals surface area contributed by atoms with E-state index in [1.165, 1.54) is 18.4 Å². The minimum atomic E-state index is -0.253. The number of imidazole rings is 1. The van der Waals surface area contributed by atoms with Crippen molar-refractivity contribution in [3.05, 3.63) is 43.2 Å². The molecular weight excluding hydrogens is 274 g/mol. The first-order valence-electron chi connectivity index (χ1n) is 8.21. The van der Waals surface area contributed by atoms with Gasteiger partial charge in [-0.05, 0) is 44.4 Å². The van der Waals surface area contributed by atoms with Gasteiger partial charge in [0.15, 0.2) is 0 Å². The van der Waals surface area contributed by atoms with Crippen LogP contribution in [0.25, 0.3) is 11.0 Å². The Bertz CT molecular complexity index is 622. The van der Waals surface area contributed by atoms with Gasteiger partial charge in [-0.15, -0.1) is 6.58 Å². The first kappa shape index (κ1) is 15.3. The van der Waals surface area contributed by atoms with Crippen LogP contribution >= 0.6 is 0 Å². The van der Waals surface area contributed by atoms with Gasteiger partial charge in [0, 0.05) is 19.1 Å². The van der Waals surface area contributed by atoms with E-state index in [2.05, 4.69) is 39.2 Å². The lowest BCUT2D eigenvalue weighted by atomic mass is 10.0. The number of likely N-dealkylation sites (tertiary alicyclic amines) is 1. The molecule has 0 aliphatic carbocycles. The molecule has 0 amide bonds. The number of aliphatic hydroxyl groups excluding tert-OH is 1. The van der Waals surface area contributed by atoms with Gasteiger partial charge in [-0.2, -0.15) is 0 Å². The van der Waals surface area contributed by atoms with Gasteiger partial charge in [0.1, 0.15) is 0 Å². The van der Waals surface area contributed by atoms with E-state index in [4.69, 9.17) is 0 Å². The van der Waals surface area contributed by atoms with Gasteiger partial charge in [0.05, 0.1) is 23.5 Å². The number of aromatic nitrogens is 2. The zero-order valence-electron chi connectivity index (χ0n) is 13.1. The summed E-state index contributed by atoms with van der Waals surface area (Å²) in [5.41, 5.74) is 2.27. The van der Waals surface area contributed by atoms with Crippen molar-refractivity contribution in [3.8, 4) is 0 Å². The van der Waals surface area contributed by atoms with E-state index in [0.29, 0.717) is 6.04 Å². The number of hydrogen-bond donors (Lipinski definition) is 1. The molecule has 2 heterocycles. The fourth-order valence-electron chi connectivity index (χ4n) is 3.39. The van der Waals surface area contributed by atoms with E-state index in [-0.39, 0.29) is 6.10 Å². The topological polar surface area (TPSA) is 41.3 Å². The van der Waals surface area contributed by atoms with Gasteiger partial charge >= 0.3 is 0 Å². The molecule has 0 spiro atoms.